The van der Waals surface area contributed by atoms with Gasteiger partial charge in [-0.25, -0.2) is 0 Å². The molecule has 0 unspecified atom stereocenters. The van der Waals surface area contributed by atoms with Crippen LogP contribution in [0.1, 0.15) is 0 Å². The first kappa shape index (κ1) is 13.3. The molecule has 1 aromatic rings. The van der Waals surface area contributed by atoms with Gasteiger partial charge in [-0.05, 0) is 6.07 Å². The molecule has 0 spiro atoms. The van der Waals surface area contributed by atoms with Crippen molar-refractivity contribution >= 4 is 33.2 Å². The Hall–Kier alpha value is -0.720. The number of aliphatic hydroxyl groups is 1. The SMILES string of the molecule is CO.O=[N+]([O-])c1cc(Br)cc(Cl)c1F. The van der Waals surface area contributed by atoms with Gasteiger partial charge in [-0.2, -0.15) is 4.39 Å². The maximum absolute atomic E-state index is 12.8. The molecule has 0 saturated carbocycles. The van der Waals surface area contributed by atoms with E-state index in [0.29, 0.717) is 4.47 Å². The Labute approximate surface area is 92.6 Å². The minimum atomic E-state index is -1.01. The van der Waals surface area contributed by atoms with Crippen LogP contribution in [-0.2, 0) is 0 Å². The third-order valence-corrected chi connectivity index (χ3v) is 1.90. The lowest BCUT2D eigenvalue weighted by Gasteiger charge is -1.96. The van der Waals surface area contributed by atoms with Crippen molar-refractivity contribution in [3.63, 3.8) is 0 Å². The average Bonchev–Trinajstić information content (AvgIpc) is 2.14. The predicted molar refractivity (Wildman–Crippen MR) is 53.9 cm³/mol. The number of nitrogens with zero attached hydrogens (tertiary/aromatic N) is 1. The molecule has 14 heavy (non-hydrogen) atoms. The van der Waals surface area contributed by atoms with E-state index in [0.717, 1.165) is 13.2 Å². The standard InChI is InChI=1S/C6H2BrClFNO2.CH4O/c7-3-1-4(8)6(9)5(2-3)10(11)12;1-2/h1-2H;2H,1H3. The summed E-state index contributed by atoms with van der Waals surface area (Å²) in [7, 11) is 1.00. The molecule has 0 aromatic heterocycles. The second-order valence-electron chi connectivity index (χ2n) is 1.98. The zero-order valence-electron chi connectivity index (χ0n) is 7.00. The third kappa shape index (κ3) is 3.21. The van der Waals surface area contributed by atoms with E-state index in [1.165, 1.54) is 6.07 Å². The smallest absolute Gasteiger partial charge is 0.307 e. The van der Waals surface area contributed by atoms with E-state index < -0.39 is 16.4 Å². The maximum atomic E-state index is 12.8. The van der Waals surface area contributed by atoms with Crippen molar-refractivity contribution in [2.45, 2.75) is 0 Å². The fraction of sp³-hybridized carbons (Fsp3) is 0.143. The van der Waals surface area contributed by atoms with Crippen LogP contribution < -0.4 is 0 Å². The predicted octanol–water partition coefficient (Wildman–Crippen LogP) is 2.76. The summed E-state index contributed by atoms with van der Waals surface area (Å²) in [5.74, 6) is -1.01. The average molecular weight is 286 g/mol. The summed E-state index contributed by atoms with van der Waals surface area (Å²) in [6.07, 6.45) is 0. The zero-order valence-corrected chi connectivity index (χ0v) is 9.34. The summed E-state index contributed by atoms with van der Waals surface area (Å²) in [6, 6.07) is 2.31. The molecule has 0 atom stereocenters. The van der Waals surface area contributed by atoms with Crippen LogP contribution in [0.15, 0.2) is 16.6 Å². The summed E-state index contributed by atoms with van der Waals surface area (Å²) in [5, 5.41) is 16.9. The molecule has 78 valence electrons. The topological polar surface area (TPSA) is 63.4 Å². The molecule has 0 bridgehead atoms. The molecule has 0 saturated heterocycles. The molecule has 1 N–H and O–H groups in total. The first-order valence-electron chi connectivity index (χ1n) is 3.26. The van der Waals surface area contributed by atoms with E-state index in [9.17, 15) is 14.5 Å². The fourth-order valence-corrected chi connectivity index (χ4v) is 1.47. The van der Waals surface area contributed by atoms with Gasteiger partial charge in [0.1, 0.15) is 0 Å². The zero-order chi connectivity index (χ0) is 11.3. The number of rotatable bonds is 1. The highest BCUT2D eigenvalue weighted by Gasteiger charge is 2.17. The Kier molecular flexibility index (Phi) is 5.59. The van der Waals surface area contributed by atoms with E-state index in [-0.39, 0.29) is 5.02 Å². The van der Waals surface area contributed by atoms with E-state index in [2.05, 4.69) is 15.9 Å². The van der Waals surface area contributed by atoms with Crippen molar-refractivity contribution in [1.29, 1.82) is 0 Å². The fourth-order valence-electron chi connectivity index (χ4n) is 0.675. The summed E-state index contributed by atoms with van der Waals surface area (Å²) in [4.78, 5) is 9.38. The number of nitro benzene ring substituents is 1. The first-order valence-corrected chi connectivity index (χ1v) is 4.43. The van der Waals surface area contributed by atoms with Gasteiger partial charge in [-0.1, -0.05) is 27.5 Å². The summed E-state index contributed by atoms with van der Waals surface area (Å²) in [5.41, 5.74) is -0.630. The second kappa shape index (κ2) is 5.90. The molecule has 0 heterocycles. The minimum absolute atomic E-state index is 0.268. The monoisotopic (exact) mass is 285 g/mol. The highest BCUT2D eigenvalue weighted by molar-refractivity contribution is 9.10. The molecule has 1 rings (SSSR count). The maximum Gasteiger partial charge on any atom is 0.307 e. The Morgan fingerprint density at radius 1 is 1.57 bits per heavy atom. The largest absolute Gasteiger partial charge is 0.400 e. The van der Waals surface area contributed by atoms with Gasteiger partial charge in [0, 0.05) is 17.6 Å². The van der Waals surface area contributed by atoms with Crippen LogP contribution in [0.4, 0.5) is 10.1 Å². The highest BCUT2D eigenvalue weighted by atomic mass is 79.9. The number of hydrogen-bond donors (Lipinski definition) is 1. The van der Waals surface area contributed by atoms with Crippen LogP contribution in [-0.4, -0.2) is 17.1 Å². The summed E-state index contributed by atoms with van der Waals surface area (Å²) >= 11 is 8.31. The van der Waals surface area contributed by atoms with Gasteiger partial charge in [-0.15, -0.1) is 0 Å². The lowest BCUT2D eigenvalue weighted by atomic mass is 10.3. The molecule has 0 fully saturated rings. The Morgan fingerprint density at radius 2 is 2.07 bits per heavy atom. The number of aliphatic hydroxyl groups excluding tert-OH is 1. The van der Waals surface area contributed by atoms with Crippen molar-refractivity contribution in [3.05, 3.63) is 37.6 Å². The van der Waals surface area contributed by atoms with E-state index in [1.54, 1.807) is 0 Å². The first-order chi connectivity index (χ1) is 6.52. The molecule has 0 aliphatic rings. The van der Waals surface area contributed by atoms with Crippen molar-refractivity contribution in [3.8, 4) is 0 Å². The van der Waals surface area contributed by atoms with Crippen LogP contribution in [0.5, 0.6) is 0 Å². The highest BCUT2D eigenvalue weighted by Crippen LogP contribution is 2.28. The molecule has 4 nitrogen and oxygen atoms in total. The number of hydrogen-bond acceptors (Lipinski definition) is 3. The lowest BCUT2D eigenvalue weighted by Crippen LogP contribution is -1.92. The summed E-state index contributed by atoms with van der Waals surface area (Å²) in [6.45, 7) is 0. The van der Waals surface area contributed by atoms with Gasteiger partial charge in [-0.3, -0.25) is 10.1 Å². The van der Waals surface area contributed by atoms with Crippen molar-refractivity contribution in [2.24, 2.45) is 0 Å². The molecular formula is C7H6BrClFNO3. The Bertz CT molecular complexity index is 348. The minimum Gasteiger partial charge on any atom is -0.400 e. The van der Waals surface area contributed by atoms with E-state index in [1.807, 2.05) is 0 Å². The number of halogens is 3. The van der Waals surface area contributed by atoms with Crippen LogP contribution in [0.3, 0.4) is 0 Å². The van der Waals surface area contributed by atoms with Gasteiger partial charge in [0.05, 0.1) is 9.95 Å². The normalized spacial score (nSPS) is 8.93. The molecule has 0 aliphatic heterocycles. The molecular weight excluding hydrogens is 280 g/mol. The summed E-state index contributed by atoms with van der Waals surface area (Å²) < 4.78 is 13.2. The third-order valence-electron chi connectivity index (χ3n) is 1.17. The number of benzene rings is 1. The molecule has 0 amide bonds. The molecule has 0 aliphatic carbocycles. The Balaban J connectivity index is 0.000000791. The van der Waals surface area contributed by atoms with Crippen LogP contribution in [0, 0.1) is 15.9 Å². The number of nitro groups is 1. The van der Waals surface area contributed by atoms with Gasteiger partial charge in [0.15, 0.2) is 0 Å². The van der Waals surface area contributed by atoms with Crippen molar-refractivity contribution < 1.29 is 14.4 Å². The molecule has 1 aromatic carbocycles. The van der Waals surface area contributed by atoms with E-state index >= 15 is 0 Å². The molecule has 7 heteroatoms. The molecule has 0 radical (unpaired) electrons. The van der Waals surface area contributed by atoms with Crippen LogP contribution in [0.2, 0.25) is 5.02 Å². The van der Waals surface area contributed by atoms with Gasteiger partial charge >= 0.3 is 5.69 Å². The van der Waals surface area contributed by atoms with E-state index in [4.69, 9.17) is 16.7 Å². The van der Waals surface area contributed by atoms with Crippen molar-refractivity contribution in [2.75, 3.05) is 7.11 Å². The second-order valence-corrected chi connectivity index (χ2v) is 3.30. The van der Waals surface area contributed by atoms with Gasteiger partial charge in [0.25, 0.3) is 0 Å². The quantitative estimate of drug-likeness (QED) is 0.490. The van der Waals surface area contributed by atoms with Gasteiger partial charge in [0.2, 0.25) is 5.82 Å². The lowest BCUT2D eigenvalue weighted by molar-refractivity contribution is -0.387. The Morgan fingerprint density at radius 3 is 2.50 bits per heavy atom. The van der Waals surface area contributed by atoms with Crippen LogP contribution >= 0.6 is 27.5 Å². The van der Waals surface area contributed by atoms with Gasteiger partial charge < -0.3 is 5.11 Å². The van der Waals surface area contributed by atoms with Crippen molar-refractivity contribution in [1.82, 2.24) is 0 Å². The van der Waals surface area contributed by atoms with Crippen LogP contribution in [0.25, 0.3) is 0 Å².